The molecule has 0 radical (unpaired) electrons. The zero-order valence-corrected chi connectivity index (χ0v) is 12.1. The average molecular weight is 269 g/mol. The molecule has 0 aliphatic heterocycles. The van der Waals surface area contributed by atoms with Gasteiger partial charge in [-0.2, -0.15) is 0 Å². The second kappa shape index (κ2) is 5.78. The Morgan fingerprint density at radius 1 is 1.10 bits per heavy atom. The molecule has 104 valence electrons. The van der Waals surface area contributed by atoms with Gasteiger partial charge in [-0.05, 0) is 56.2 Å². The van der Waals surface area contributed by atoms with Gasteiger partial charge >= 0.3 is 0 Å². The molecule has 0 saturated carbocycles. The van der Waals surface area contributed by atoms with Crippen LogP contribution in [0, 0.1) is 13.8 Å². The molecule has 0 spiro atoms. The fourth-order valence-electron chi connectivity index (χ4n) is 2.23. The number of para-hydroxylation sites is 1. The van der Waals surface area contributed by atoms with Crippen LogP contribution in [0.4, 0.5) is 5.69 Å². The molecule has 0 aromatic heterocycles. The molecule has 0 unspecified atom stereocenters. The Hall–Kier alpha value is -2.29. The molecular weight excluding hydrogens is 250 g/mol. The predicted molar refractivity (Wildman–Crippen MR) is 81.4 cm³/mol. The van der Waals surface area contributed by atoms with Gasteiger partial charge in [0.1, 0.15) is 5.75 Å². The van der Waals surface area contributed by atoms with Gasteiger partial charge in [-0.15, -0.1) is 0 Å². The highest BCUT2D eigenvalue weighted by Crippen LogP contribution is 2.23. The first-order valence-electron chi connectivity index (χ1n) is 6.71. The number of aromatic hydroxyl groups is 1. The lowest BCUT2D eigenvalue weighted by Crippen LogP contribution is -2.31. The van der Waals surface area contributed by atoms with Crippen molar-refractivity contribution in [1.29, 1.82) is 0 Å². The molecule has 0 heterocycles. The Morgan fingerprint density at radius 3 is 2.40 bits per heavy atom. The molecule has 2 aromatic carbocycles. The van der Waals surface area contributed by atoms with E-state index in [1.807, 2.05) is 38.1 Å². The summed E-state index contributed by atoms with van der Waals surface area (Å²) >= 11 is 0. The summed E-state index contributed by atoms with van der Waals surface area (Å²) in [4.78, 5) is 14.4. The van der Waals surface area contributed by atoms with E-state index in [1.54, 1.807) is 30.0 Å². The molecule has 2 aromatic rings. The minimum Gasteiger partial charge on any atom is -0.508 e. The molecule has 0 saturated heterocycles. The van der Waals surface area contributed by atoms with E-state index in [0.717, 1.165) is 11.3 Å². The van der Waals surface area contributed by atoms with E-state index in [9.17, 15) is 9.90 Å². The minimum atomic E-state index is -0.0510. The molecule has 0 fully saturated rings. The van der Waals surface area contributed by atoms with Crippen LogP contribution in [0.15, 0.2) is 42.5 Å². The van der Waals surface area contributed by atoms with Crippen molar-refractivity contribution in [1.82, 2.24) is 0 Å². The predicted octanol–water partition coefficient (Wildman–Crippen LogP) is 3.68. The van der Waals surface area contributed by atoms with Crippen molar-refractivity contribution in [2.75, 3.05) is 11.4 Å². The van der Waals surface area contributed by atoms with E-state index in [4.69, 9.17) is 0 Å². The topological polar surface area (TPSA) is 40.5 Å². The summed E-state index contributed by atoms with van der Waals surface area (Å²) < 4.78 is 0. The summed E-state index contributed by atoms with van der Waals surface area (Å²) in [5.74, 6) is 0.158. The third kappa shape index (κ3) is 2.67. The number of phenolic OH excluding ortho intramolecular Hbond substituents is 1. The van der Waals surface area contributed by atoms with E-state index in [2.05, 4.69) is 0 Å². The fourth-order valence-corrected chi connectivity index (χ4v) is 2.23. The number of amides is 1. The maximum atomic E-state index is 12.6. The number of carbonyl (C=O) groups is 1. The van der Waals surface area contributed by atoms with E-state index < -0.39 is 0 Å². The van der Waals surface area contributed by atoms with Gasteiger partial charge in [0.05, 0.1) is 0 Å². The number of aryl methyl sites for hydroxylation is 2. The summed E-state index contributed by atoms with van der Waals surface area (Å²) in [7, 11) is 0. The number of rotatable bonds is 3. The van der Waals surface area contributed by atoms with Crippen LogP contribution < -0.4 is 4.90 Å². The van der Waals surface area contributed by atoms with Crippen molar-refractivity contribution in [3.63, 3.8) is 0 Å². The van der Waals surface area contributed by atoms with Crippen LogP contribution in [-0.4, -0.2) is 17.6 Å². The minimum absolute atomic E-state index is 0.0510. The highest BCUT2D eigenvalue weighted by Gasteiger charge is 2.17. The molecular formula is C17H19NO2. The van der Waals surface area contributed by atoms with Gasteiger partial charge in [-0.25, -0.2) is 0 Å². The Kier molecular flexibility index (Phi) is 4.08. The standard InChI is InChI=1S/C17H19NO2/c1-4-18(15-8-6-5-7-12(15)2)17(20)14-9-10-16(19)13(3)11-14/h5-11,19H,4H2,1-3H3. The van der Waals surface area contributed by atoms with Crippen molar-refractivity contribution in [2.45, 2.75) is 20.8 Å². The molecule has 1 N–H and O–H groups in total. The van der Waals surface area contributed by atoms with Gasteiger partial charge in [0.2, 0.25) is 0 Å². The molecule has 1 amide bonds. The van der Waals surface area contributed by atoms with Gasteiger partial charge in [-0.3, -0.25) is 4.79 Å². The van der Waals surface area contributed by atoms with E-state index in [-0.39, 0.29) is 11.7 Å². The Morgan fingerprint density at radius 2 is 1.80 bits per heavy atom. The van der Waals surface area contributed by atoms with Crippen molar-refractivity contribution in [3.05, 3.63) is 59.2 Å². The van der Waals surface area contributed by atoms with Crippen LogP contribution in [-0.2, 0) is 0 Å². The zero-order chi connectivity index (χ0) is 14.7. The van der Waals surface area contributed by atoms with E-state index in [0.29, 0.717) is 17.7 Å². The zero-order valence-electron chi connectivity index (χ0n) is 12.1. The lowest BCUT2D eigenvalue weighted by Gasteiger charge is -2.23. The molecule has 0 bridgehead atoms. The maximum absolute atomic E-state index is 12.6. The SMILES string of the molecule is CCN(C(=O)c1ccc(O)c(C)c1)c1ccccc1C. The first-order chi connectivity index (χ1) is 9.54. The number of carbonyl (C=O) groups excluding carboxylic acids is 1. The van der Waals surface area contributed by atoms with Crippen LogP contribution >= 0.6 is 0 Å². The quantitative estimate of drug-likeness (QED) is 0.923. The third-order valence-electron chi connectivity index (χ3n) is 3.41. The Bertz CT molecular complexity index is 635. The highest BCUT2D eigenvalue weighted by atomic mass is 16.3. The van der Waals surface area contributed by atoms with Gasteiger partial charge < -0.3 is 10.0 Å². The van der Waals surface area contributed by atoms with Crippen LogP contribution in [0.1, 0.15) is 28.4 Å². The number of anilines is 1. The van der Waals surface area contributed by atoms with Gasteiger partial charge in [0.25, 0.3) is 5.91 Å². The second-order valence-corrected chi connectivity index (χ2v) is 4.84. The molecule has 3 nitrogen and oxygen atoms in total. The Balaban J connectivity index is 2.39. The summed E-state index contributed by atoms with van der Waals surface area (Å²) in [5, 5.41) is 9.56. The number of hydrogen-bond acceptors (Lipinski definition) is 2. The van der Waals surface area contributed by atoms with Crippen molar-refractivity contribution in [3.8, 4) is 5.75 Å². The van der Waals surface area contributed by atoms with Crippen molar-refractivity contribution < 1.29 is 9.90 Å². The van der Waals surface area contributed by atoms with Gasteiger partial charge in [-0.1, -0.05) is 18.2 Å². The maximum Gasteiger partial charge on any atom is 0.258 e. The number of nitrogens with zero attached hydrogens (tertiary/aromatic N) is 1. The molecule has 2 rings (SSSR count). The summed E-state index contributed by atoms with van der Waals surface area (Å²) in [5.41, 5.74) is 3.28. The van der Waals surface area contributed by atoms with Crippen molar-refractivity contribution in [2.24, 2.45) is 0 Å². The number of benzene rings is 2. The smallest absolute Gasteiger partial charge is 0.258 e. The normalized spacial score (nSPS) is 10.3. The second-order valence-electron chi connectivity index (χ2n) is 4.84. The first kappa shape index (κ1) is 14.1. The summed E-state index contributed by atoms with van der Waals surface area (Å²) in [6.45, 7) is 6.34. The summed E-state index contributed by atoms with van der Waals surface area (Å²) in [6, 6.07) is 12.8. The van der Waals surface area contributed by atoms with Crippen LogP contribution in [0.25, 0.3) is 0 Å². The molecule has 0 aliphatic carbocycles. The lowest BCUT2D eigenvalue weighted by atomic mass is 10.1. The average Bonchev–Trinajstić information content (AvgIpc) is 2.44. The number of hydrogen-bond donors (Lipinski definition) is 1. The third-order valence-corrected chi connectivity index (χ3v) is 3.41. The van der Waals surface area contributed by atoms with Gasteiger partial charge in [0.15, 0.2) is 0 Å². The van der Waals surface area contributed by atoms with Crippen LogP contribution in [0.2, 0.25) is 0 Å². The summed E-state index contributed by atoms with van der Waals surface area (Å²) in [6.07, 6.45) is 0. The first-order valence-corrected chi connectivity index (χ1v) is 6.71. The lowest BCUT2D eigenvalue weighted by molar-refractivity contribution is 0.0988. The largest absolute Gasteiger partial charge is 0.508 e. The molecule has 3 heteroatoms. The monoisotopic (exact) mass is 269 g/mol. The van der Waals surface area contributed by atoms with Crippen molar-refractivity contribution >= 4 is 11.6 Å². The van der Waals surface area contributed by atoms with E-state index >= 15 is 0 Å². The molecule has 0 atom stereocenters. The number of phenols is 1. The van der Waals surface area contributed by atoms with E-state index in [1.165, 1.54) is 0 Å². The van der Waals surface area contributed by atoms with Crippen LogP contribution in [0.5, 0.6) is 5.75 Å². The molecule has 20 heavy (non-hydrogen) atoms. The Labute approximate surface area is 119 Å². The van der Waals surface area contributed by atoms with Gasteiger partial charge in [0, 0.05) is 17.8 Å². The highest BCUT2D eigenvalue weighted by molar-refractivity contribution is 6.06. The fraction of sp³-hybridized carbons (Fsp3) is 0.235. The molecule has 0 aliphatic rings. The van der Waals surface area contributed by atoms with Crippen LogP contribution in [0.3, 0.4) is 0 Å².